The number of pyridine rings is 1. The minimum absolute atomic E-state index is 0.000101. The molecule has 0 N–H and O–H groups in total. The largest absolute Gasteiger partial charge is 0.378 e. The third-order valence-corrected chi connectivity index (χ3v) is 5.18. The Labute approximate surface area is 158 Å². The number of aromatic nitrogens is 1. The summed E-state index contributed by atoms with van der Waals surface area (Å²) in [7, 11) is 0. The average molecular weight is 365 g/mol. The highest BCUT2D eigenvalue weighted by atomic mass is 16.5. The fraction of sp³-hybridized carbons (Fsp3) is 0.381. The van der Waals surface area contributed by atoms with Crippen LogP contribution in [-0.4, -0.2) is 54.5 Å². The van der Waals surface area contributed by atoms with Crippen LogP contribution < -0.4 is 4.90 Å². The molecule has 0 atom stereocenters. The van der Waals surface area contributed by atoms with Crippen LogP contribution >= 0.6 is 0 Å². The molecule has 1 saturated heterocycles. The van der Waals surface area contributed by atoms with Gasteiger partial charge in [-0.3, -0.25) is 14.6 Å². The molecule has 0 saturated carbocycles. The Morgan fingerprint density at radius 2 is 1.89 bits per heavy atom. The summed E-state index contributed by atoms with van der Waals surface area (Å²) in [4.78, 5) is 32.5. The number of benzene rings is 1. The van der Waals surface area contributed by atoms with E-state index >= 15 is 0 Å². The van der Waals surface area contributed by atoms with Crippen LogP contribution in [0.3, 0.4) is 0 Å². The number of hydrogen-bond acceptors (Lipinski definition) is 4. The van der Waals surface area contributed by atoms with E-state index in [0.717, 1.165) is 36.3 Å². The predicted octanol–water partition coefficient (Wildman–Crippen LogP) is 2.52. The van der Waals surface area contributed by atoms with Crippen LogP contribution in [0.2, 0.25) is 0 Å². The van der Waals surface area contributed by atoms with E-state index in [1.54, 1.807) is 18.0 Å². The monoisotopic (exact) mass is 365 g/mol. The van der Waals surface area contributed by atoms with Crippen LogP contribution in [0.5, 0.6) is 0 Å². The number of nitrogens with zero attached hydrogens (tertiary/aromatic N) is 3. The zero-order valence-corrected chi connectivity index (χ0v) is 15.5. The van der Waals surface area contributed by atoms with Crippen LogP contribution in [-0.2, 0) is 16.0 Å². The Kier molecular flexibility index (Phi) is 4.90. The Bertz CT molecular complexity index is 857. The number of anilines is 1. The molecule has 0 radical (unpaired) electrons. The Morgan fingerprint density at radius 1 is 1.07 bits per heavy atom. The minimum atomic E-state index is -0.000101. The van der Waals surface area contributed by atoms with Crippen molar-refractivity contribution in [3.05, 3.63) is 47.7 Å². The van der Waals surface area contributed by atoms with E-state index in [1.807, 2.05) is 29.2 Å². The first kappa shape index (κ1) is 17.7. The SMILES string of the molecule is CC(=O)N1CCCc2cc(-c3ccc(C(=O)N4CCOCC4)cn3)ccc21. The van der Waals surface area contributed by atoms with Crippen molar-refractivity contribution in [2.24, 2.45) is 0 Å². The molecule has 0 unspecified atom stereocenters. The summed E-state index contributed by atoms with van der Waals surface area (Å²) >= 11 is 0. The second-order valence-corrected chi connectivity index (χ2v) is 6.95. The number of rotatable bonds is 2. The van der Waals surface area contributed by atoms with Crippen molar-refractivity contribution in [2.75, 3.05) is 37.7 Å². The average Bonchev–Trinajstić information content (AvgIpc) is 2.73. The first-order valence-corrected chi connectivity index (χ1v) is 9.38. The maximum Gasteiger partial charge on any atom is 0.255 e. The van der Waals surface area contributed by atoms with Gasteiger partial charge in [-0.15, -0.1) is 0 Å². The number of amides is 2. The number of ether oxygens (including phenoxy) is 1. The maximum absolute atomic E-state index is 12.5. The van der Waals surface area contributed by atoms with Gasteiger partial charge in [0, 0.05) is 44.0 Å². The van der Waals surface area contributed by atoms with Gasteiger partial charge in [0.15, 0.2) is 0 Å². The van der Waals surface area contributed by atoms with Crippen LogP contribution in [0.1, 0.15) is 29.3 Å². The Balaban J connectivity index is 1.55. The van der Waals surface area contributed by atoms with Crippen LogP contribution in [0.4, 0.5) is 5.69 Å². The van der Waals surface area contributed by atoms with Gasteiger partial charge in [0.05, 0.1) is 24.5 Å². The molecule has 0 bridgehead atoms. The lowest BCUT2D eigenvalue weighted by Crippen LogP contribution is -2.40. The van der Waals surface area contributed by atoms with Crippen molar-refractivity contribution in [2.45, 2.75) is 19.8 Å². The number of carbonyl (C=O) groups excluding carboxylic acids is 2. The highest BCUT2D eigenvalue weighted by molar-refractivity contribution is 5.94. The fourth-order valence-corrected chi connectivity index (χ4v) is 3.72. The molecule has 6 nitrogen and oxygen atoms in total. The van der Waals surface area contributed by atoms with E-state index in [-0.39, 0.29) is 11.8 Å². The summed E-state index contributed by atoms with van der Waals surface area (Å²) in [6, 6.07) is 9.82. The van der Waals surface area contributed by atoms with Crippen molar-refractivity contribution in [1.29, 1.82) is 0 Å². The zero-order chi connectivity index (χ0) is 18.8. The molecule has 0 spiro atoms. The number of hydrogen-bond donors (Lipinski definition) is 0. The van der Waals surface area contributed by atoms with Gasteiger partial charge in [0.1, 0.15) is 0 Å². The van der Waals surface area contributed by atoms with Gasteiger partial charge in [-0.1, -0.05) is 6.07 Å². The summed E-state index contributed by atoms with van der Waals surface area (Å²) in [5.41, 5.74) is 4.60. The molecule has 1 fully saturated rings. The minimum Gasteiger partial charge on any atom is -0.378 e. The molecule has 0 aliphatic carbocycles. The van der Waals surface area contributed by atoms with E-state index in [1.165, 1.54) is 5.56 Å². The van der Waals surface area contributed by atoms with Crippen molar-refractivity contribution in [3.8, 4) is 11.3 Å². The van der Waals surface area contributed by atoms with E-state index in [9.17, 15) is 9.59 Å². The van der Waals surface area contributed by atoms with Gasteiger partial charge in [0.2, 0.25) is 5.91 Å². The smallest absolute Gasteiger partial charge is 0.255 e. The van der Waals surface area contributed by atoms with Crippen LogP contribution in [0, 0.1) is 0 Å². The normalized spacial score (nSPS) is 16.8. The van der Waals surface area contributed by atoms with Gasteiger partial charge in [-0.05, 0) is 42.7 Å². The van der Waals surface area contributed by atoms with Crippen LogP contribution in [0.25, 0.3) is 11.3 Å². The summed E-state index contributed by atoms with van der Waals surface area (Å²) in [5, 5.41) is 0. The Hall–Kier alpha value is -2.73. The molecule has 140 valence electrons. The standard InChI is InChI=1S/C21H23N3O3/c1-15(25)24-8-2-3-17-13-16(5-7-20(17)24)19-6-4-18(14-22-19)21(26)23-9-11-27-12-10-23/h4-7,13-14H,2-3,8-12H2,1H3. The molecule has 3 heterocycles. The molecule has 1 aromatic heterocycles. The molecule has 6 heteroatoms. The van der Waals surface area contributed by atoms with Gasteiger partial charge in [0.25, 0.3) is 5.91 Å². The molecular formula is C21H23N3O3. The third-order valence-electron chi connectivity index (χ3n) is 5.18. The van der Waals surface area contributed by atoms with Crippen molar-refractivity contribution < 1.29 is 14.3 Å². The summed E-state index contributed by atoms with van der Waals surface area (Å²) < 4.78 is 5.30. The molecule has 2 amide bonds. The number of fused-ring (bicyclic) bond motifs is 1. The van der Waals surface area contributed by atoms with Crippen LogP contribution in [0.15, 0.2) is 36.5 Å². The molecule has 2 aliphatic rings. The zero-order valence-electron chi connectivity index (χ0n) is 15.5. The van der Waals surface area contributed by atoms with Gasteiger partial charge in [-0.2, -0.15) is 0 Å². The van der Waals surface area contributed by atoms with E-state index in [4.69, 9.17) is 4.74 Å². The second-order valence-electron chi connectivity index (χ2n) is 6.95. The molecule has 27 heavy (non-hydrogen) atoms. The second kappa shape index (κ2) is 7.48. The quantitative estimate of drug-likeness (QED) is 0.820. The molecule has 4 rings (SSSR count). The molecule has 1 aromatic carbocycles. The fourth-order valence-electron chi connectivity index (χ4n) is 3.72. The summed E-state index contributed by atoms with van der Waals surface area (Å²) in [5.74, 6) is 0.0766. The highest BCUT2D eigenvalue weighted by Gasteiger charge is 2.21. The van der Waals surface area contributed by atoms with Gasteiger partial charge in [-0.25, -0.2) is 0 Å². The van der Waals surface area contributed by atoms with E-state index < -0.39 is 0 Å². The first-order chi connectivity index (χ1) is 13.1. The lowest BCUT2D eigenvalue weighted by atomic mass is 9.97. The van der Waals surface area contributed by atoms with Gasteiger partial charge >= 0.3 is 0 Å². The Morgan fingerprint density at radius 3 is 2.59 bits per heavy atom. The summed E-state index contributed by atoms with van der Waals surface area (Å²) in [6.45, 7) is 4.80. The number of carbonyl (C=O) groups is 2. The van der Waals surface area contributed by atoms with E-state index in [2.05, 4.69) is 11.1 Å². The number of aryl methyl sites for hydroxylation is 1. The molecule has 2 aromatic rings. The van der Waals surface area contributed by atoms with E-state index in [0.29, 0.717) is 31.9 Å². The van der Waals surface area contributed by atoms with Crippen molar-refractivity contribution in [1.82, 2.24) is 9.88 Å². The number of morpholine rings is 1. The lowest BCUT2D eigenvalue weighted by Gasteiger charge is -2.29. The van der Waals surface area contributed by atoms with Gasteiger partial charge < -0.3 is 14.5 Å². The third kappa shape index (κ3) is 3.57. The summed E-state index contributed by atoms with van der Waals surface area (Å²) in [6.07, 6.45) is 3.57. The molecule has 2 aliphatic heterocycles. The topological polar surface area (TPSA) is 62.7 Å². The maximum atomic E-state index is 12.5. The molecular weight excluding hydrogens is 342 g/mol. The van der Waals surface area contributed by atoms with Crippen molar-refractivity contribution >= 4 is 17.5 Å². The lowest BCUT2D eigenvalue weighted by molar-refractivity contribution is -0.116. The van der Waals surface area contributed by atoms with Crippen molar-refractivity contribution in [3.63, 3.8) is 0 Å². The predicted molar refractivity (Wildman–Crippen MR) is 103 cm³/mol. The first-order valence-electron chi connectivity index (χ1n) is 9.38. The highest BCUT2D eigenvalue weighted by Crippen LogP contribution is 2.31.